The van der Waals surface area contributed by atoms with Crippen LogP contribution in [-0.2, 0) is 75.2 Å². The molecule has 0 unspecified atom stereocenters. The van der Waals surface area contributed by atoms with Crippen LogP contribution in [0.15, 0.2) is 69.6 Å². The van der Waals surface area contributed by atoms with Crippen LogP contribution >= 0.6 is 0 Å². The minimum atomic E-state index is -1.91. The highest BCUT2D eigenvalue weighted by Crippen LogP contribution is 2.17. The first-order valence-corrected chi connectivity index (χ1v) is 35.6. The van der Waals surface area contributed by atoms with E-state index in [1.54, 1.807) is 58.0 Å². The summed E-state index contributed by atoms with van der Waals surface area (Å²) < 4.78 is 0. The number of nitrogens with two attached hydrogens (primary N) is 7. The third-order valence-electron chi connectivity index (χ3n) is 16.7. The van der Waals surface area contributed by atoms with Gasteiger partial charge < -0.3 is 124 Å². The molecule has 0 saturated heterocycles. The number of nitrogens with one attached hydrogen (secondary N) is 11. The van der Waals surface area contributed by atoms with Crippen LogP contribution in [0.1, 0.15) is 137 Å². The van der Waals surface area contributed by atoms with E-state index < -0.39 is 181 Å². The van der Waals surface area contributed by atoms with Gasteiger partial charge in [-0.05, 0) is 113 Å². The van der Waals surface area contributed by atoms with Crippen molar-refractivity contribution in [3.8, 4) is 5.75 Å². The number of carbonyl (C=O) groups is 13. The minimum absolute atomic E-state index is 0.00852. The summed E-state index contributed by atoms with van der Waals surface area (Å²) in [5.41, 5.74) is 39.9. The smallest absolute Gasteiger partial charge is 0.326 e. The lowest BCUT2D eigenvalue weighted by Gasteiger charge is -2.30. The Morgan fingerprint density at radius 2 is 0.787 bits per heavy atom. The van der Waals surface area contributed by atoms with Gasteiger partial charge in [0.1, 0.15) is 72.2 Å². The SMILES string of the molecule is CC[C@H](C)[C@H](NC(=O)[C@H](Cc1ccc(O)cc1)NC(=O)[C@H](CCCN=C(N)N)NC(=O)[C@H](C)NC(=O)[C@H](CO)NC(=O)[C@@H](NC(=O)[C@H](Cc1ccccc1)NC(=O)[C@H](CCC(=O)O)NC(=O)[C@@H](N)CC(C)C)[C@@H](C)O)C(=O)N[C@@H](CCCN=C(N)N)C(=O)N[C@@H](CC(C)C)C(=O)N[C@@H](CCCN=C(N)N)C(=O)O. The number of aliphatic hydroxyl groups excluding tert-OH is 2. The Bertz CT molecular complexity index is 3390. The number of benzene rings is 2. The largest absolute Gasteiger partial charge is 0.508 e. The molecule has 2 aromatic carbocycles. The maximum atomic E-state index is 14.8. The van der Waals surface area contributed by atoms with E-state index in [4.69, 9.17) is 40.1 Å². The average molecular weight is 1520 g/mol. The third-order valence-corrected chi connectivity index (χ3v) is 16.7. The highest BCUT2D eigenvalue weighted by atomic mass is 16.4. The second kappa shape index (κ2) is 48.3. The summed E-state index contributed by atoms with van der Waals surface area (Å²) in [6.45, 7) is 11.6. The molecule has 0 aromatic heterocycles. The van der Waals surface area contributed by atoms with Gasteiger partial charge >= 0.3 is 11.9 Å². The summed E-state index contributed by atoms with van der Waals surface area (Å²) in [5.74, 6) is -15.5. The van der Waals surface area contributed by atoms with E-state index in [2.05, 4.69) is 73.5 Å². The Morgan fingerprint density at radius 3 is 1.22 bits per heavy atom. The highest BCUT2D eigenvalue weighted by Gasteiger charge is 2.38. The zero-order chi connectivity index (χ0) is 81.5. The molecule has 0 bridgehead atoms. The number of hydrogen-bond acceptors (Lipinski definition) is 20. The number of rotatable bonds is 50. The zero-order valence-corrected chi connectivity index (χ0v) is 62.4. The van der Waals surface area contributed by atoms with Crippen LogP contribution in [0.25, 0.3) is 0 Å². The Hall–Kier alpha value is -11.0. The van der Waals surface area contributed by atoms with Crippen molar-refractivity contribution in [2.45, 2.75) is 217 Å². The molecular weight excluding hydrogens is 1410 g/mol. The van der Waals surface area contributed by atoms with Gasteiger partial charge in [-0.25, -0.2) is 4.79 Å². The number of hydrogen-bond donors (Lipinski definition) is 23. The lowest BCUT2D eigenvalue weighted by molar-refractivity contribution is -0.142. The molecule has 39 heteroatoms. The molecule has 108 heavy (non-hydrogen) atoms. The van der Waals surface area contributed by atoms with Gasteiger partial charge in [0.25, 0.3) is 0 Å². The van der Waals surface area contributed by atoms with Crippen LogP contribution in [0, 0.1) is 17.8 Å². The molecule has 0 fully saturated rings. The van der Waals surface area contributed by atoms with E-state index >= 15 is 0 Å². The summed E-state index contributed by atoms with van der Waals surface area (Å²) in [7, 11) is 0. The number of nitrogens with zero attached hydrogens (tertiary/aromatic N) is 3. The first-order chi connectivity index (χ1) is 50.8. The van der Waals surface area contributed by atoms with Gasteiger partial charge in [-0.2, -0.15) is 0 Å². The van der Waals surface area contributed by atoms with Crippen LogP contribution in [0.3, 0.4) is 0 Å². The molecule has 39 nitrogen and oxygen atoms in total. The monoisotopic (exact) mass is 1520 g/mol. The molecule has 0 heterocycles. The maximum Gasteiger partial charge on any atom is 0.326 e. The number of carbonyl (C=O) groups excluding carboxylic acids is 11. The summed E-state index contributed by atoms with van der Waals surface area (Å²) in [4.78, 5) is 191. The quantitative estimate of drug-likeness (QED) is 0.0167. The number of aliphatic carboxylic acids is 2. The van der Waals surface area contributed by atoms with Crippen molar-refractivity contribution < 1.29 is 87.9 Å². The van der Waals surface area contributed by atoms with Crippen LogP contribution in [0.5, 0.6) is 5.75 Å². The van der Waals surface area contributed by atoms with E-state index in [0.717, 1.165) is 6.92 Å². The summed E-state index contributed by atoms with van der Waals surface area (Å²) in [6, 6.07) is -4.65. The van der Waals surface area contributed by atoms with Gasteiger partial charge in [-0.3, -0.25) is 72.5 Å². The summed E-state index contributed by atoms with van der Waals surface area (Å²) in [6.07, 6.45) is -3.00. The molecule has 0 aliphatic heterocycles. The first-order valence-electron chi connectivity index (χ1n) is 35.6. The predicted octanol–water partition coefficient (Wildman–Crippen LogP) is -5.52. The lowest BCUT2D eigenvalue weighted by atomic mass is 9.96. The van der Waals surface area contributed by atoms with E-state index in [1.165, 1.54) is 31.2 Å². The van der Waals surface area contributed by atoms with Gasteiger partial charge in [0.15, 0.2) is 17.9 Å². The Balaban J connectivity index is 2.53. The number of guanidine groups is 3. The number of amides is 11. The number of aromatic hydroxyl groups is 1. The van der Waals surface area contributed by atoms with Crippen LogP contribution in [-0.4, -0.2) is 225 Å². The fraction of sp³-hybridized carbons (Fsp3) is 0.594. The number of phenolic OH excluding ortho intramolecular Hbond substituents is 1. The number of phenols is 1. The van der Waals surface area contributed by atoms with Gasteiger partial charge in [-0.15, -0.1) is 0 Å². The van der Waals surface area contributed by atoms with Crippen molar-refractivity contribution in [2.75, 3.05) is 26.2 Å². The average Bonchev–Trinajstić information content (AvgIpc) is 0.854. The molecular formula is C69H113N21O18. The molecule has 0 aliphatic rings. The molecule has 2 aromatic rings. The lowest BCUT2D eigenvalue weighted by Crippen LogP contribution is -2.62. The molecule has 2 rings (SSSR count). The van der Waals surface area contributed by atoms with Crippen molar-refractivity contribution in [3.63, 3.8) is 0 Å². The van der Waals surface area contributed by atoms with Crippen molar-refractivity contribution in [1.29, 1.82) is 0 Å². The van der Waals surface area contributed by atoms with Crippen molar-refractivity contribution in [2.24, 2.45) is 72.9 Å². The van der Waals surface area contributed by atoms with E-state index in [1.807, 2.05) is 13.8 Å². The van der Waals surface area contributed by atoms with Gasteiger partial charge in [0, 0.05) is 38.9 Å². The fourth-order valence-corrected chi connectivity index (χ4v) is 10.7. The van der Waals surface area contributed by atoms with Gasteiger partial charge in [0.2, 0.25) is 65.0 Å². The molecule has 0 aliphatic carbocycles. The minimum Gasteiger partial charge on any atom is -0.508 e. The van der Waals surface area contributed by atoms with Crippen LogP contribution in [0.2, 0.25) is 0 Å². The van der Waals surface area contributed by atoms with Crippen molar-refractivity contribution in [3.05, 3.63) is 65.7 Å². The maximum absolute atomic E-state index is 14.8. The molecule has 30 N–H and O–H groups in total. The highest BCUT2D eigenvalue weighted by molar-refractivity contribution is 6.00. The summed E-state index contributed by atoms with van der Waals surface area (Å²) >= 11 is 0. The first kappa shape index (κ1) is 93.1. The molecule has 11 amide bonds. The van der Waals surface area contributed by atoms with Gasteiger partial charge in [0.05, 0.1) is 18.8 Å². The molecule has 602 valence electrons. The number of carboxylic acid groups (broad SMARTS) is 2. The van der Waals surface area contributed by atoms with E-state index in [0.29, 0.717) is 11.1 Å². The molecule has 0 radical (unpaired) electrons. The number of aliphatic imine (C=N–C) groups is 3. The number of carboxylic acids is 2. The van der Waals surface area contributed by atoms with E-state index in [-0.39, 0.29) is 126 Å². The Labute approximate surface area is 626 Å². The predicted molar refractivity (Wildman–Crippen MR) is 398 cm³/mol. The molecule has 0 saturated carbocycles. The number of aliphatic hydroxyl groups is 2. The molecule has 0 spiro atoms. The standard InChI is InChI=1S/C69H113N21O18/c1-9-37(6)53(64(105)83-45(19-14-28-78-68(73)74)58(99)85-48(31-36(4)5)60(101)84-47(66(107)108)20-15-29-79-69(75)76)89-61(102)50(33-41-21-23-42(93)24-22-41)86-57(98)44(18-13-27-77-67(71)72)81-55(96)38(7)80-63(104)51(34-91)88-65(106)54(39(8)92)90-62(103)49(32-40-16-11-10-12-17-40)87-59(100)46(25-26-52(94)95)82-56(97)43(70)30-35(2)3/h10-12,16-17,21-24,35-39,43-51,53-54,91-93H,9,13-15,18-20,25-34,70H2,1-8H3,(H,80,104)(H,81,96)(H,82,97)(H,83,105)(H,84,101)(H,85,99)(H,86,98)(H,87,100)(H,88,106)(H,89,102)(H,90,103)(H,94,95)(H,107,108)(H4,71,72,77)(H4,73,74,78)(H4,75,76,79)/t37-,38-,39+,43-,44-,45-,46-,47-,48-,49-,50-,51-,53-,54-/m0/s1. The Morgan fingerprint density at radius 1 is 0.417 bits per heavy atom. The Kier molecular flexibility index (Phi) is 41.6. The third kappa shape index (κ3) is 35.9. The second-order valence-electron chi connectivity index (χ2n) is 27.0. The van der Waals surface area contributed by atoms with Crippen molar-refractivity contribution in [1.82, 2.24) is 58.5 Å². The second-order valence-corrected chi connectivity index (χ2v) is 27.0. The van der Waals surface area contributed by atoms with Gasteiger partial charge in [-0.1, -0.05) is 90.4 Å². The van der Waals surface area contributed by atoms with E-state index in [9.17, 15) is 87.9 Å². The van der Waals surface area contributed by atoms with Crippen LogP contribution < -0.4 is 98.6 Å². The molecule has 14 atom stereocenters. The normalized spacial score (nSPS) is 15.0. The zero-order valence-electron chi connectivity index (χ0n) is 62.4. The van der Waals surface area contributed by atoms with Crippen LogP contribution in [0.4, 0.5) is 0 Å². The topological polar surface area (TPSA) is 675 Å². The fourth-order valence-electron chi connectivity index (χ4n) is 10.7. The summed E-state index contributed by atoms with van der Waals surface area (Å²) in [5, 5.41) is 78.5. The van der Waals surface area contributed by atoms with Crippen molar-refractivity contribution >= 4 is 94.8 Å².